The number of rotatable bonds is 6. The van der Waals surface area contributed by atoms with Crippen LogP contribution in [0.25, 0.3) is 0 Å². The van der Waals surface area contributed by atoms with Gasteiger partial charge in [-0.05, 0) is 25.5 Å². The number of hydrogen-bond donors (Lipinski definition) is 2. The molecule has 0 radical (unpaired) electrons. The lowest BCUT2D eigenvalue weighted by Gasteiger charge is -2.13. The average Bonchev–Trinajstić information content (AvgIpc) is 2.37. The van der Waals surface area contributed by atoms with Gasteiger partial charge >= 0.3 is 0 Å². The first-order valence-electron chi connectivity index (χ1n) is 5.93. The van der Waals surface area contributed by atoms with Gasteiger partial charge in [0.15, 0.2) is 0 Å². The molecule has 0 aliphatic carbocycles. The van der Waals surface area contributed by atoms with Crippen LogP contribution >= 0.6 is 0 Å². The number of methoxy groups -OCH3 is 1. The molecule has 2 N–H and O–H groups in total. The topological polar surface area (TPSA) is 50.4 Å². The minimum Gasteiger partial charge on any atom is -0.497 e. The first kappa shape index (κ1) is 14.3. The Morgan fingerprint density at radius 2 is 2.22 bits per heavy atom. The molecule has 0 saturated carbocycles. The van der Waals surface area contributed by atoms with Gasteiger partial charge in [-0.3, -0.25) is 4.79 Å². The first-order chi connectivity index (χ1) is 8.56. The minimum atomic E-state index is -0.410. The maximum Gasteiger partial charge on any atom is 0.239 e. The monoisotopic (exact) mass is 254 g/mol. The molecule has 0 aliphatic rings. The molecule has 0 bridgehead atoms. The van der Waals surface area contributed by atoms with E-state index in [0.29, 0.717) is 5.75 Å². The Balaban J connectivity index is 2.55. The zero-order chi connectivity index (χ0) is 13.5. The maximum atomic E-state index is 13.4. The largest absolute Gasteiger partial charge is 0.497 e. The van der Waals surface area contributed by atoms with Crippen LogP contribution in [0.2, 0.25) is 0 Å². The van der Waals surface area contributed by atoms with E-state index in [1.54, 1.807) is 0 Å². The average molecular weight is 254 g/mol. The molecule has 1 aromatic rings. The van der Waals surface area contributed by atoms with E-state index < -0.39 is 5.82 Å². The van der Waals surface area contributed by atoms with Gasteiger partial charge in [0.25, 0.3) is 0 Å². The molecule has 0 aromatic heterocycles. The quantitative estimate of drug-likeness (QED) is 0.818. The van der Waals surface area contributed by atoms with Gasteiger partial charge in [0, 0.05) is 12.1 Å². The van der Waals surface area contributed by atoms with Crippen LogP contribution in [-0.4, -0.2) is 25.6 Å². The summed E-state index contributed by atoms with van der Waals surface area (Å²) in [6.45, 7) is 3.94. The van der Waals surface area contributed by atoms with E-state index in [2.05, 4.69) is 10.6 Å². The Labute approximate surface area is 107 Å². The molecule has 0 heterocycles. The number of ether oxygens (including phenoxy) is 1. The van der Waals surface area contributed by atoms with Crippen LogP contribution in [-0.2, 0) is 4.79 Å². The molecule has 0 fully saturated rings. The highest BCUT2D eigenvalue weighted by Gasteiger charge is 2.08. The summed E-state index contributed by atoms with van der Waals surface area (Å²) in [6.07, 6.45) is 0.860. The van der Waals surface area contributed by atoms with Crippen LogP contribution < -0.4 is 15.4 Å². The smallest absolute Gasteiger partial charge is 0.239 e. The van der Waals surface area contributed by atoms with Gasteiger partial charge in [-0.1, -0.05) is 6.92 Å². The molecule has 1 aromatic carbocycles. The number of carbonyl (C=O) groups excluding carboxylic acids is 1. The van der Waals surface area contributed by atoms with E-state index in [4.69, 9.17) is 4.74 Å². The summed E-state index contributed by atoms with van der Waals surface area (Å²) in [7, 11) is 1.51. The van der Waals surface area contributed by atoms with E-state index >= 15 is 0 Å². The first-order valence-corrected chi connectivity index (χ1v) is 5.93. The summed E-state index contributed by atoms with van der Waals surface area (Å²) in [5.74, 6) is -0.0278. The van der Waals surface area contributed by atoms with Crippen molar-refractivity contribution in [1.82, 2.24) is 5.32 Å². The van der Waals surface area contributed by atoms with Crippen molar-refractivity contribution in [2.24, 2.45) is 0 Å². The van der Waals surface area contributed by atoms with E-state index in [1.807, 2.05) is 13.8 Å². The summed E-state index contributed by atoms with van der Waals surface area (Å²) in [4.78, 5) is 11.5. The molecule has 100 valence electrons. The summed E-state index contributed by atoms with van der Waals surface area (Å²) >= 11 is 0. The lowest BCUT2D eigenvalue weighted by molar-refractivity contribution is -0.120. The van der Waals surface area contributed by atoms with Crippen molar-refractivity contribution in [3.8, 4) is 5.75 Å². The molecule has 1 atom stereocenters. The van der Waals surface area contributed by atoms with Gasteiger partial charge in [-0.15, -0.1) is 0 Å². The molecule has 1 rings (SSSR count). The summed E-state index contributed by atoms with van der Waals surface area (Å²) in [5, 5.41) is 5.54. The van der Waals surface area contributed by atoms with Gasteiger partial charge in [0.2, 0.25) is 5.91 Å². The molecule has 1 unspecified atom stereocenters. The molecule has 5 heteroatoms. The van der Waals surface area contributed by atoms with Crippen LogP contribution in [0, 0.1) is 5.82 Å². The minimum absolute atomic E-state index is 0.0361. The van der Waals surface area contributed by atoms with E-state index in [-0.39, 0.29) is 24.2 Å². The van der Waals surface area contributed by atoms with Gasteiger partial charge in [-0.2, -0.15) is 0 Å². The highest BCUT2D eigenvalue weighted by Crippen LogP contribution is 2.20. The van der Waals surface area contributed by atoms with Crippen molar-refractivity contribution in [2.75, 3.05) is 19.0 Å². The third kappa shape index (κ3) is 4.24. The molecule has 0 aliphatic heterocycles. The number of carbonyl (C=O) groups is 1. The van der Waals surface area contributed by atoms with Crippen LogP contribution in [0.15, 0.2) is 18.2 Å². The van der Waals surface area contributed by atoms with Crippen LogP contribution in [0.3, 0.4) is 0 Å². The lowest BCUT2D eigenvalue weighted by Crippen LogP contribution is -2.36. The second kappa shape index (κ2) is 6.83. The van der Waals surface area contributed by atoms with Crippen molar-refractivity contribution in [3.05, 3.63) is 24.0 Å². The summed E-state index contributed by atoms with van der Waals surface area (Å²) in [6, 6.07) is 4.47. The number of anilines is 1. The second-order valence-electron chi connectivity index (χ2n) is 4.08. The van der Waals surface area contributed by atoms with E-state index in [1.165, 1.54) is 25.3 Å². The Bertz CT molecular complexity index is 410. The predicted molar refractivity (Wildman–Crippen MR) is 69.3 cm³/mol. The fourth-order valence-electron chi connectivity index (χ4n) is 1.37. The Morgan fingerprint density at radius 3 is 2.83 bits per heavy atom. The molecule has 18 heavy (non-hydrogen) atoms. The number of amides is 1. The molecule has 1 amide bonds. The molecular formula is C13H19FN2O2. The molecular weight excluding hydrogens is 235 g/mol. The third-order valence-corrected chi connectivity index (χ3v) is 2.63. The zero-order valence-electron chi connectivity index (χ0n) is 10.9. The zero-order valence-corrected chi connectivity index (χ0v) is 10.9. The second-order valence-corrected chi connectivity index (χ2v) is 4.08. The van der Waals surface area contributed by atoms with Crippen molar-refractivity contribution in [1.29, 1.82) is 0 Å². The number of benzene rings is 1. The van der Waals surface area contributed by atoms with Crippen molar-refractivity contribution in [3.63, 3.8) is 0 Å². The normalized spacial score (nSPS) is 11.8. The lowest BCUT2D eigenvalue weighted by atomic mass is 10.2. The molecule has 0 saturated heterocycles. The predicted octanol–water partition coefficient (Wildman–Crippen LogP) is 2.16. The van der Waals surface area contributed by atoms with Gasteiger partial charge in [0.1, 0.15) is 11.6 Å². The Hall–Kier alpha value is -1.78. The van der Waals surface area contributed by atoms with Crippen molar-refractivity contribution in [2.45, 2.75) is 26.3 Å². The highest BCUT2D eigenvalue weighted by molar-refractivity contribution is 5.81. The molecule has 0 spiro atoms. The van der Waals surface area contributed by atoms with Crippen LogP contribution in [0.1, 0.15) is 20.3 Å². The summed E-state index contributed by atoms with van der Waals surface area (Å²) in [5.41, 5.74) is 0.258. The maximum absolute atomic E-state index is 13.4. The fourth-order valence-corrected chi connectivity index (χ4v) is 1.37. The van der Waals surface area contributed by atoms with E-state index in [0.717, 1.165) is 6.42 Å². The van der Waals surface area contributed by atoms with Gasteiger partial charge in [0.05, 0.1) is 19.3 Å². The SMILES string of the molecule is CCC(C)NC(=O)CNc1cc(OC)ccc1F. The van der Waals surface area contributed by atoms with Gasteiger partial charge in [-0.25, -0.2) is 4.39 Å². The standard InChI is InChI=1S/C13H19FN2O2/c1-4-9(2)16-13(17)8-15-12-7-10(18-3)5-6-11(12)14/h5-7,9,15H,4,8H2,1-3H3,(H,16,17). The van der Waals surface area contributed by atoms with E-state index in [9.17, 15) is 9.18 Å². The number of nitrogens with one attached hydrogen (secondary N) is 2. The van der Waals surface area contributed by atoms with Crippen molar-refractivity contribution < 1.29 is 13.9 Å². The number of hydrogen-bond acceptors (Lipinski definition) is 3. The van der Waals surface area contributed by atoms with Crippen LogP contribution in [0.5, 0.6) is 5.75 Å². The Kier molecular flexibility index (Phi) is 5.42. The van der Waals surface area contributed by atoms with Gasteiger partial charge < -0.3 is 15.4 Å². The molecule has 4 nitrogen and oxygen atoms in total. The summed E-state index contributed by atoms with van der Waals surface area (Å²) < 4.78 is 18.4. The highest BCUT2D eigenvalue weighted by atomic mass is 19.1. The van der Waals surface area contributed by atoms with Crippen LogP contribution in [0.4, 0.5) is 10.1 Å². The fraction of sp³-hybridized carbons (Fsp3) is 0.462. The third-order valence-electron chi connectivity index (χ3n) is 2.63. The Morgan fingerprint density at radius 1 is 1.50 bits per heavy atom. The van der Waals surface area contributed by atoms with Crippen molar-refractivity contribution >= 4 is 11.6 Å². The number of halogens is 1.